The van der Waals surface area contributed by atoms with Gasteiger partial charge in [-0.1, -0.05) is 12.1 Å². The van der Waals surface area contributed by atoms with Crippen LogP contribution in [0.3, 0.4) is 0 Å². The molecular formula is C21H27N3O3. The van der Waals surface area contributed by atoms with Crippen LogP contribution in [0.1, 0.15) is 27.9 Å². The number of nitrogens with zero attached hydrogens (tertiary/aromatic N) is 3. The summed E-state index contributed by atoms with van der Waals surface area (Å²) in [6.07, 6.45) is 3.78. The fourth-order valence-electron chi connectivity index (χ4n) is 3.25. The second kappa shape index (κ2) is 8.86. The highest BCUT2D eigenvalue weighted by Gasteiger charge is 2.22. The van der Waals surface area contributed by atoms with Crippen molar-refractivity contribution in [2.75, 3.05) is 39.3 Å². The van der Waals surface area contributed by atoms with Gasteiger partial charge in [-0.15, -0.1) is 0 Å². The topological polar surface area (TPSA) is 65.9 Å². The van der Waals surface area contributed by atoms with E-state index in [4.69, 9.17) is 4.74 Å². The fourth-order valence-corrected chi connectivity index (χ4v) is 3.25. The van der Waals surface area contributed by atoms with E-state index in [9.17, 15) is 9.90 Å². The van der Waals surface area contributed by atoms with E-state index in [0.717, 1.165) is 31.8 Å². The Hall–Kier alpha value is -2.60. The van der Waals surface area contributed by atoms with E-state index in [-0.39, 0.29) is 11.7 Å². The number of carbonyl (C=O) groups excluding carboxylic acids is 1. The summed E-state index contributed by atoms with van der Waals surface area (Å²) in [6.45, 7) is 8.90. The first-order valence-electron chi connectivity index (χ1n) is 9.39. The largest absolute Gasteiger partial charge is 0.506 e. The van der Waals surface area contributed by atoms with Crippen LogP contribution in [0.25, 0.3) is 0 Å². The number of aryl methyl sites for hydroxylation is 1. The Morgan fingerprint density at radius 1 is 1.19 bits per heavy atom. The maximum absolute atomic E-state index is 12.5. The molecule has 0 bridgehead atoms. The average Bonchev–Trinajstić information content (AvgIpc) is 2.68. The van der Waals surface area contributed by atoms with Crippen LogP contribution >= 0.6 is 0 Å². The van der Waals surface area contributed by atoms with Crippen LogP contribution in [-0.2, 0) is 0 Å². The number of aromatic hydroxyl groups is 1. The molecule has 0 saturated carbocycles. The molecule has 1 aliphatic rings. The molecule has 2 heterocycles. The zero-order valence-corrected chi connectivity index (χ0v) is 16.0. The molecule has 0 atom stereocenters. The summed E-state index contributed by atoms with van der Waals surface area (Å²) in [6, 6.07) is 7.60. The highest BCUT2D eigenvalue weighted by molar-refractivity contribution is 5.94. The van der Waals surface area contributed by atoms with Gasteiger partial charge < -0.3 is 14.7 Å². The minimum Gasteiger partial charge on any atom is -0.506 e. The lowest BCUT2D eigenvalue weighted by Crippen LogP contribution is -2.49. The maximum atomic E-state index is 12.5. The Morgan fingerprint density at radius 2 is 1.96 bits per heavy atom. The van der Waals surface area contributed by atoms with E-state index in [0.29, 0.717) is 25.3 Å². The molecule has 2 aromatic rings. The number of aromatic nitrogens is 1. The lowest BCUT2D eigenvalue weighted by molar-refractivity contribution is 0.0630. The Bertz CT molecular complexity index is 786. The SMILES string of the molecule is Cc1cccc(OCCCN2CCN(C(=O)c3cncc(O)c3)CC2)c1C. The Labute approximate surface area is 160 Å². The van der Waals surface area contributed by atoms with Crippen molar-refractivity contribution < 1.29 is 14.6 Å². The molecule has 1 aromatic heterocycles. The minimum atomic E-state index is -0.0729. The summed E-state index contributed by atoms with van der Waals surface area (Å²) in [5, 5.41) is 9.48. The number of benzene rings is 1. The monoisotopic (exact) mass is 369 g/mol. The number of pyridine rings is 1. The van der Waals surface area contributed by atoms with Crippen molar-refractivity contribution in [3.05, 3.63) is 53.3 Å². The highest BCUT2D eigenvalue weighted by Crippen LogP contribution is 2.20. The van der Waals surface area contributed by atoms with Crippen molar-refractivity contribution in [3.8, 4) is 11.5 Å². The van der Waals surface area contributed by atoms with Crippen LogP contribution in [0.2, 0.25) is 0 Å². The summed E-state index contributed by atoms with van der Waals surface area (Å²) < 4.78 is 5.92. The lowest BCUT2D eigenvalue weighted by atomic mass is 10.1. The normalized spacial score (nSPS) is 15.0. The van der Waals surface area contributed by atoms with Gasteiger partial charge in [0.25, 0.3) is 5.91 Å². The Morgan fingerprint density at radius 3 is 2.70 bits per heavy atom. The molecule has 0 aliphatic carbocycles. The lowest BCUT2D eigenvalue weighted by Gasteiger charge is -2.34. The van der Waals surface area contributed by atoms with Crippen molar-refractivity contribution in [2.45, 2.75) is 20.3 Å². The summed E-state index contributed by atoms with van der Waals surface area (Å²) >= 11 is 0. The van der Waals surface area contributed by atoms with E-state index in [1.54, 1.807) is 0 Å². The van der Waals surface area contributed by atoms with E-state index < -0.39 is 0 Å². The standard InChI is InChI=1S/C21H27N3O3/c1-16-5-3-6-20(17(16)2)27-12-4-7-23-8-10-24(11-9-23)21(26)18-13-19(25)15-22-14-18/h3,5-6,13-15,25H,4,7-12H2,1-2H3. The van der Waals surface area contributed by atoms with Gasteiger partial charge in [-0.2, -0.15) is 0 Å². The third-order valence-electron chi connectivity index (χ3n) is 5.06. The van der Waals surface area contributed by atoms with Gasteiger partial charge in [-0.25, -0.2) is 0 Å². The van der Waals surface area contributed by atoms with Gasteiger partial charge in [0.05, 0.1) is 18.4 Å². The van der Waals surface area contributed by atoms with Gasteiger partial charge in [0.15, 0.2) is 0 Å². The van der Waals surface area contributed by atoms with E-state index >= 15 is 0 Å². The summed E-state index contributed by atoms with van der Waals surface area (Å²) in [5.41, 5.74) is 2.88. The molecule has 1 aromatic carbocycles. The molecule has 1 fully saturated rings. The van der Waals surface area contributed by atoms with E-state index in [1.165, 1.54) is 29.6 Å². The molecule has 3 rings (SSSR count). The van der Waals surface area contributed by atoms with E-state index in [1.807, 2.05) is 17.0 Å². The molecule has 0 unspecified atom stereocenters. The summed E-state index contributed by atoms with van der Waals surface area (Å²) in [7, 11) is 0. The first-order valence-corrected chi connectivity index (χ1v) is 9.39. The van der Waals surface area contributed by atoms with Crippen molar-refractivity contribution >= 4 is 5.91 Å². The van der Waals surface area contributed by atoms with Gasteiger partial charge in [-0.3, -0.25) is 14.7 Å². The second-order valence-electron chi connectivity index (χ2n) is 6.97. The first-order chi connectivity index (χ1) is 13.0. The second-order valence-corrected chi connectivity index (χ2v) is 6.97. The minimum absolute atomic E-state index is 0.0170. The van der Waals surface area contributed by atoms with E-state index in [2.05, 4.69) is 29.8 Å². The van der Waals surface area contributed by atoms with Crippen molar-refractivity contribution in [3.63, 3.8) is 0 Å². The number of rotatable bonds is 6. The number of amides is 1. The number of carbonyl (C=O) groups is 1. The maximum Gasteiger partial charge on any atom is 0.255 e. The van der Waals surface area contributed by atoms with Crippen LogP contribution in [-0.4, -0.2) is 65.1 Å². The Kier molecular flexibility index (Phi) is 6.29. The smallest absolute Gasteiger partial charge is 0.255 e. The fraction of sp³-hybridized carbons (Fsp3) is 0.429. The molecule has 144 valence electrons. The molecular weight excluding hydrogens is 342 g/mol. The third kappa shape index (κ3) is 4.98. The van der Waals surface area contributed by atoms with Crippen LogP contribution in [0.4, 0.5) is 0 Å². The predicted molar refractivity (Wildman–Crippen MR) is 104 cm³/mol. The molecule has 6 nitrogen and oxygen atoms in total. The quantitative estimate of drug-likeness (QED) is 0.793. The zero-order valence-electron chi connectivity index (χ0n) is 16.0. The summed E-state index contributed by atoms with van der Waals surface area (Å²) in [5.74, 6) is 0.907. The molecule has 1 amide bonds. The van der Waals surface area contributed by atoms with Crippen molar-refractivity contribution in [1.29, 1.82) is 0 Å². The molecule has 1 saturated heterocycles. The third-order valence-corrected chi connectivity index (χ3v) is 5.06. The number of hydrogen-bond acceptors (Lipinski definition) is 5. The highest BCUT2D eigenvalue weighted by atomic mass is 16.5. The average molecular weight is 369 g/mol. The number of ether oxygens (including phenoxy) is 1. The molecule has 27 heavy (non-hydrogen) atoms. The van der Waals surface area contributed by atoms with Crippen molar-refractivity contribution in [2.24, 2.45) is 0 Å². The molecule has 0 spiro atoms. The van der Waals surface area contributed by atoms with Crippen LogP contribution < -0.4 is 4.74 Å². The van der Waals surface area contributed by atoms with Crippen molar-refractivity contribution in [1.82, 2.24) is 14.8 Å². The van der Waals surface area contributed by atoms with Crippen LogP contribution in [0, 0.1) is 13.8 Å². The van der Waals surface area contributed by atoms with Crippen LogP contribution in [0.5, 0.6) is 11.5 Å². The number of piperazine rings is 1. The predicted octanol–water partition coefficient (Wildman–Crippen LogP) is 2.63. The summed E-state index contributed by atoms with van der Waals surface area (Å²) in [4.78, 5) is 20.5. The Balaban J connectivity index is 1.39. The zero-order chi connectivity index (χ0) is 19.2. The van der Waals surface area contributed by atoms with Gasteiger partial charge in [0, 0.05) is 38.9 Å². The number of hydrogen-bond donors (Lipinski definition) is 1. The van der Waals surface area contributed by atoms with Gasteiger partial charge in [0.1, 0.15) is 11.5 Å². The van der Waals surface area contributed by atoms with Gasteiger partial charge in [-0.05, 0) is 43.5 Å². The molecule has 0 radical (unpaired) electrons. The van der Waals surface area contributed by atoms with Gasteiger partial charge in [0.2, 0.25) is 0 Å². The van der Waals surface area contributed by atoms with Crippen LogP contribution in [0.15, 0.2) is 36.7 Å². The molecule has 6 heteroatoms. The van der Waals surface area contributed by atoms with Gasteiger partial charge >= 0.3 is 0 Å². The first kappa shape index (κ1) is 19.2. The molecule has 1 aliphatic heterocycles. The molecule has 1 N–H and O–H groups in total.